The molecule has 2 rings (SSSR count). The van der Waals surface area contributed by atoms with Gasteiger partial charge in [-0.3, -0.25) is 0 Å². The molecular weight excluding hydrogens is 196 g/mol. The van der Waals surface area contributed by atoms with Crippen LogP contribution in [0.25, 0.3) is 0 Å². The molecule has 1 fully saturated rings. The van der Waals surface area contributed by atoms with Crippen LogP contribution < -0.4 is 0 Å². The number of aliphatic hydroxyl groups is 1. The van der Waals surface area contributed by atoms with Crippen LogP contribution in [0.5, 0.6) is 0 Å². The number of allylic oxidation sites excluding steroid dienone is 2. The summed E-state index contributed by atoms with van der Waals surface area (Å²) in [5.41, 5.74) is 2.97. The summed E-state index contributed by atoms with van der Waals surface area (Å²) in [5, 5.41) is 9.94. The van der Waals surface area contributed by atoms with Gasteiger partial charge in [0.25, 0.3) is 0 Å². The Morgan fingerprint density at radius 1 is 1.44 bits per heavy atom. The van der Waals surface area contributed by atoms with Crippen molar-refractivity contribution in [2.45, 2.75) is 52.6 Å². The Labute approximate surface area is 99.3 Å². The molecule has 1 saturated carbocycles. The molecular formula is C15H24O. The Morgan fingerprint density at radius 3 is 2.75 bits per heavy atom. The molecule has 16 heavy (non-hydrogen) atoms. The van der Waals surface area contributed by atoms with Gasteiger partial charge in [-0.05, 0) is 55.4 Å². The lowest BCUT2D eigenvalue weighted by Gasteiger charge is -2.52. The maximum Gasteiger partial charge on any atom is 0.0750 e. The minimum Gasteiger partial charge on any atom is -0.389 e. The molecule has 3 atom stereocenters. The second-order valence-corrected chi connectivity index (χ2v) is 6.30. The van der Waals surface area contributed by atoms with Crippen LogP contribution in [0.15, 0.2) is 23.8 Å². The van der Waals surface area contributed by atoms with Crippen molar-refractivity contribution in [1.82, 2.24) is 0 Å². The van der Waals surface area contributed by atoms with E-state index in [1.165, 1.54) is 12.0 Å². The maximum atomic E-state index is 9.94. The summed E-state index contributed by atoms with van der Waals surface area (Å²) in [7, 11) is 0. The highest BCUT2D eigenvalue weighted by Gasteiger charge is 2.47. The molecule has 1 N–H and O–H groups in total. The molecule has 1 nitrogen and oxygen atoms in total. The highest BCUT2D eigenvalue weighted by molar-refractivity contribution is 5.18. The molecule has 0 aliphatic heterocycles. The van der Waals surface area contributed by atoms with E-state index in [9.17, 15) is 5.11 Å². The van der Waals surface area contributed by atoms with Crippen molar-refractivity contribution in [3.05, 3.63) is 23.8 Å². The van der Waals surface area contributed by atoms with Gasteiger partial charge >= 0.3 is 0 Å². The molecule has 90 valence electrons. The fourth-order valence-corrected chi connectivity index (χ4v) is 3.34. The largest absolute Gasteiger partial charge is 0.389 e. The summed E-state index contributed by atoms with van der Waals surface area (Å²) in [6.07, 6.45) is 6.23. The zero-order chi connectivity index (χ0) is 11.9. The molecule has 0 aromatic carbocycles. The Hall–Kier alpha value is -0.560. The van der Waals surface area contributed by atoms with E-state index < -0.39 is 0 Å². The molecule has 1 heteroatoms. The minimum atomic E-state index is -0.252. The second-order valence-electron chi connectivity index (χ2n) is 6.30. The van der Waals surface area contributed by atoms with Crippen LogP contribution in [0, 0.1) is 17.3 Å². The number of rotatable bonds is 0. The van der Waals surface area contributed by atoms with Gasteiger partial charge in [-0.2, -0.15) is 0 Å². The normalized spacial score (nSPS) is 38.6. The average Bonchev–Trinajstić information content (AvgIpc) is 2.24. The molecule has 0 saturated heterocycles. The van der Waals surface area contributed by atoms with Crippen LogP contribution in [0.2, 0.25) is 0 Å². The third-order valence-electron chi connectivity index (χ3n) is 4.72. The maximum absolute atomic E-state index is 9.94. The highest BCUT2D eigenvalue weighted by atomic mass is 16.3. The summed E-state index contributed by atoms with van der Waals surface area (Å²) in [6, 6.07) is 0. The van der Waals surface area contributed by atoms with Crippen LogP contribution in [-0.4, -0.2) is 11.2 Å². The van der Waals surface area contributed by atoms with Crippen LogP contribution in [0.4, 0.5) is 0 Å². The Kier molecular flexibility index (Phi) is 3.00. The van der Waals surface area contributed by atoms with E-state index >= 15 is 0 Å². The molecule has 0 aromatic rings. The SMILES string of the molecule is C=C1CCC(O)C(C)=CCC2C1CC2(C)C. The lowest BCUT2D eigenvalue weighted by molar-refractivity contribution is 0.0119. The van der Waals surface area contributed by atoms with E-state index in [2.05, 4.69) is 33.4 Å². The smallest absolute Gasteiger partial charge is 0.0750 e. The number of aliphatic hydroxyl groups excluding tert-OH is 1. The van der Waals surface area contributed by atoms with Crippen LogP contribution >= 0.6 is 0 Å². The van der Waals surface area contributed by atoms with Crippen molar-refractivity contribution in [3.8, 4) is 0 Å². The van der Waals surface area contributed by atoms with Gasteiger partial charge in [0.2, 0.25) is 0 Å². The van der Waals surface area contributed by atoms with Crippen molar-refractivity contribution in [3.63, 3.8) is 0 Å². The third kappa shape index (κ3) is 1.98. The standard InChI is InChI=1S/C15H24O/c1-10-6-8-14(16)11(2)5-7-13-12(10)9-15(13,3)4/h5,12-14,16H,1,6-9H2,2-4H3. The van der Waals surface area contributed by atoms with Gasteiger partial charge in [0.05, 0.1) is 6.10 Å². The van der Waals surface area contributed by atoms with Crippen molar-refractivity contribution in [1.29, 1.82) is 0 Å². The molecule has 0 bridgehead atoms. The van der Waals surface area contributed by atoms with Gasteiger partial charge in [0.15, 0.2) is 0 Å². The first kappa shape index (κ1) is 11.9. The molecule has 2 aliphatic rings. The molecule has 0 amide bonds. The van der Waals surface area contributed by atoms with Crippen LogP contribution in [0.1, 0.15) is 46.5 Å². The first-order chi connectivity index (χ1) is 7.42. The quantitative estimate of drug-likeness (QED) is 0.617. The first-order valence-electron chi connectivity index (χ1n) is 6.44. The Bertz CT molecular complexity index is 324. The lowest BCUT2D eigenvalue weighted by Crippen LogP contribution is -2.44. The molecule has 3 unspecified atom stereocenters. The molecule has 0 heterocycles. The van der Waals surface area contributed by atoms with E-state index in [0.29, 0.717) is 11.3 Å². The summed E-state index contributed by atoms with van der Waals surface area (Å²) in [5.74, 6) is 1.43. The summed E-state index contributed by atoms with van der Waals surface area (Å²) < 4.78 is 0. The zero-order valence-electron chi connectivity index (χ0n) is 10.8. The van der Waals surface area contributed by atoms with E-state index in [-0.39, 0.29) is 6.10 Å². The van der Waals surface area contributed by atoms with E-state index in [1.807, 2.05) is 0 Å². The van der Waals surface area contributed by atoms with Gasteiger partial charge in [-0.1, -0.05) is 32.1 Å². The number of hydrogen-bond donors (Lipinski definition) is 1. The van der Waals surface area contributed by atoms with Crippen LogP contribution in [0.3, 0.4) is 0 Å². The summed E-state index contributed by atoms with van der Waals surface area (Å²) in [4.78, 5) is 0. The van der Waals surface area contributed by atoms with E-state index in [1.54, 1.807) is 0 Å². The Balaban J connectivity index is 2.18. The lowest BCUT2D eigenvalue weighted by atomic mass is 9.52. The van der Waals surface area contributed by atoms with Gasteiger partial charge in [-0.25, -0.2) is 0 Å². The second kappa shape index (κ2) is 4.03. The predicted molar refractivity (Wildman–Crippen MR) is 68.1 cm³/mol. The van der Waals surface area contributed by atoms with Gasteiger partial charge in [0.1, 0.15) is 0 Å². The first-order valence-corrected chi connectivity index (χ1v) is 6.44. The van der Waals surface area contributed by atoms with E-state index in [0.717, 1.165) is 30.8 Å². The van der Waals surface area contributed by atoms with Gasteiger partial charge in [-0.15, -0.1) is 0 Å². The van der Waals surface area contributed by atoms with Gasteiger partial charge < -0.3 is 5.11 Å². The molecule has 0 aromatic heterocycles. The molecule has 0 radical (unpaired) electrons. The van der Waals surface area contributed by atoms with Crippen molar-refractivity contribution < 1.29 is 5.11 Å². The van der Waals surface area contributed by atoms with Crippen LogP contribution in [-0.2, 0) is 0 Å². The summed E-state index contributed by atoms with van der Waals surface area (Å²) in [6.45, 7) is 11.0. The fourth-order valence-electron chi connectivity index (χ4n) is 3.34. The molecule has 2 aliphatic carbocycles. The van der Waals surface area contributed by atoms with Gasteiger partial charge in [0, 0.05) is 0 Å². The third-order valence-corrected chi connectivity index (χ3v) is 4.72. The topological polar surface area (TPSA) is 20.2 Å². The van der Waals surface area contributed by atoms with E-state index in [4.69, 9.17) is 0 Å². The Morgan fingerprint density at radius 2 is 2.12 bits per heavy atom. The molecule has 0 spiro atoms. The average molecular weight is 220 g/mol. The zero-order valence-corrected chi connectivity index (χ0v) is 10.8. The number of hydrogen-bond acceptors (Lipinski definition) is 1. The predicted octanol–water partition coefficient (Wildman–Crippen LogP) is 3.70. The number of fused-ring (bicyclic) bond motifs is 1. The monoisotopic (exact) mass is 220 g/mol. The highest BCUT2D eigenvalue weighted by Crippen LogP contribution is 2.56. The van der Waals surface area contributed by atoms with Crippen molar-refractivity contribution >= 4 is 0 Å². The van der Waals surface area contributed by atoms with Crippen molar-refractivity contribution in [2.75, 3.05) is 0 Å². The fraction of sp³-hybridized carbons (Fsp3) is 0.733. The summed E-state index contributed by atoms with van der Waals surface area (Å²) >= 11 is 0. The van der Waals surface area contributed by atoms with Crippen molar-refractivity contribution in [2.24, 2.45) is 17.3 Å². The minimum absolute atomic E-state index is 0.252.